The Bertz CT molecular complexity index is 571. The fraction of sp³-hybridized carbons (Fsp3) is 0.696. The number of carbonyl (C=O) groups is 1. The molecule has 2 N–H and O–H groups in total. The van der Waals surface area contributed by atoms with Crippen LogP contribution in [0, 0.1) is 5.41 Å². The Kier molecular flexibility index (Phi) is 9.48. The van der Waals surface area contributed by atoms with E-state index in [4.69, 9.17) is 9.84 Å². The van der Waals surface area contributed by atoms with E-state index in [-0.39, 0.29) is 6.10 Å². The zero-order valence-electron chi connectivity index (χ0n) is 17.8. The SMILES string of the molecule is CCCCCCCCO[C@@H]1C=C(C)[C@@](O)(/C=C/C(C)=C\C(=O)O)C(C)(C)C1. The molecule has 154 valence electrons. The highest BCUT2D eigenvalue weighted by molar-refractivity contribution is 5.81. The molecule has 0 heterocycles. The van der Waals surface area contributed by atoms with Crippen molar-refractivity contribution in [1.29, 1.82) is 0 Å². The largest absolute Gasteiger partial charge is 0.478 e. The van der Waals surface area contributed by atoms with Gasteiger partial charge in [0.05, 0.1) is 6.10 Å². The van der Waals surface area contributed by atoms with Gasteiger partial charge in [-0.3, -0.25) is 0 Å². The average molecular weight is 379 g/mol. The normalized spacial score (nSPS) is 25.6. The van der Waals surface area contributed by atoms with Gasteiger partial charge in [-0.1, -0.05) is 65.0 Å². The summed E-state index contributed by atoms with van der Waals surface area (Å²) in [6.45, 7) is 10.7. The Balaban J connectivity index is 2.68. The molecule has 0 fully saturated rings. The molecule has 0 aromatic rings. The van der Waals surface area contributed by atoms with Crippen LogP contribution in [0.3, 0.4) is 0 Å². The van der Waals surface area contributed by atoms with Crippen LogP contribution in [-0.4, -0.2) is 34.5 Å². The van der Waals surface area contributed by atoms with Crippen LogP contribution in [0.4, 0.5) is 0 Å². The van der Waals surface area contributed by atoms with Gasteiger partial charge in [0, 0.05) is 18.1 Å². The van der Waals surface area contributed by atoms with Crippen molar-refractivity contribution in [2.45, 2.75) is 91.3 Å². The number of hydrogen-bond donors (Lipinski definition) is 2. The molecule has 0 saturated carbocycles. The molecule has 1 rings (SSSR count). The first kappa shape index (κ1) is 23.6. The van der Waals surface area contributed by atoms with Crippen molar-refractivity contribution in [3.8, 4) is 0 Å². The summed E-state index contributed by atoms with van der Waals surface area (Å²) < 4.78 is 6.07. The summed E-state index contributed by atoms with van der Waals surface area (Å²) in [6.07, 6.45) is 14.7. The predicted octanol–water partition coefficient (Wildman–Crippen LogP) is 5.43. The molecule has 1 aliphatic carbocycles. The molecule has 4 heteroatoms. The predicted molar refractivity (Wildman–Crippen MR) is 111 cm³/mol. The minimum Gasteiger partial charge on any atom is -0.478 e. The van der Waals surface area contributed by atoms with E-state index in [9.17, 15) is 9.90 Å². The lowest BCUT2D eigenvalue weighted by Gasteiger charge is -2.47. The maximum atomic E-state index is 11.3. The Morgan fingerprint density at radius 3 is 2.48 bits per heavy atom. The third-order valence-electron chi connectivity index (χ3n) is 5.55. The number of unbranched alkanes of at least 4 members (excludes halogenated alkanes) is 5. The molecule has 0 bridgehead atoms. The number of aliphatic hydroxyl groups is 1. The molecule has 0 amide bonds. The van der Waals surface area contributed by atoms with E-state index in [0.29, 0.717) is 5.57 Å². The lowest BCUT2D eigenvalue weighted by atomic mass is 9.64. The van der Waals surface area contributed by atoms with Crippen molar-refractivity contribution < 1.29 is 19.7 Å². The molecular weight excluding hydrogens is 340 g/mol. The van der Waals surface area contributed by atoms with Gasteiger partial charge in [-0.15, -0.1) is 0 Å². The van der Waals surface area contributed by atoms with E-state index in [1.807, 2.05) is 26.8 Å². The van der Waals surface area contributed by atoms with E-state index in [1.165, 1.54) is 32.1 Å². The van der Waals surface area contributed by atoms with Gasteiger partial charge in [0.15, 0.2) is 0 Å². The maximum absolute atomic E-state index is 11.3. The summed E-state index contributed by atoms with van der Waals surface area (Å²) in [7, 11) is 0. The zero-order valence-corrected chi connectivity index (χ0v) is 17.8. The highest BCUT2D eigenvalue weighted by atomic mass is 16.5. The molecule has 0 saturated heterocycles. The quantitative estimate of drug-likeness (QED) is 0.218. The van der Waals surface area contributed by atoms with E-state index in [1.54, 1.807) is 19.1 Å². The number of allylic oxidation sites excluding steroid dienone is 2. The molecule has 2 atom stereocenters. The summed E-state index contributed by atoms with van der Waals surface area (Å²) in [6, 6.07) is 0. The Morgan fingerprint density at radius 1 is 1.26 bits per heavy atom. The average Bonchev–Trinajstić information content (AvgIpc) is 2.56. The van der Waals surface area contributed by atoms with Crippen LogP contribution in [0.5, 0.6) is 0 Å². The summed E-state index contributed by atoms with van der Waals surface area (Å²) in [5, 5.41) is 20.1. The number of aliphatic carboxylic acids is 1. The van der Waals surface area contributed by atoms with Crippen LogP contribution in [0.25, 0.3) is 0 Å². The minimum absolute atomic E-state index is 0.0139. The van der Waals surface area contributed by atoms with Crippen molar-refractivity contribution >= 4 is 5.97 Å². The number of rotatable bonds is 11. The standard InChI is InChI=1S/C23H38O4/c1-6-7-8-9-10-11-14-27-20-16-19(3)23(26,22(4,5)17-20)13-12-18(2)15-21(24)25/h12-13,15-16,20,26H,6-11,14,17H2,1-5H3,(H,24,25)/b13-12+,18-15-/t20-,23+/m1/s1. The first-order chi connectivity index (χ1) is 12.6. The summed E-state index contributed by atoms with van der Waals surface area (Å²) in [5.74, 6) is -0.984. The van der Waals surface area contributed by atoms with Crippen LogP contribution in [0.15, 0.2) is 35.5 Å². The van der Waals surface area contributed by atoms with Gasteiger partial charge in [0.1, 0.15) is 5.60 Å². The van der Waals surface area contributed by atoms with Crippen molar-refractivity contribution in [2.75, 3.05) is 6.61 Å². The van der Waals surface area contributed by atoms with Crippen LogP contribution in [0.2, 0.25) is 0 Å². The van der Waals surface area contributed by atoms with Gasteiger partial charge >= 0.3 is 5.97 Å². The van der Waals surface area contributed by atoms with Gasteiger partial charge in [0.25, 0.3) is 0 Å². The smallest absolute Gasteiger partial charge is 0.328 e. The molecule has 0 spiro atoms. The highest BCUT2D eigenvalue weighted by Crippen LogP contribution is 2.46. The van der Waals surface area contributed by atoms with Gasteiger partial charge < -0.3 is 14.9 Å². The first-order valence-corrected chi connectivity index (χ1v) is 10.3. The molecule has 0 radical (unpaired) electrons. The van der Waals surface area contributed by atoms with Crippen LogP contribution < -0.4 is 0 Å². The second-order valence-corrected chi connectivity index (χ2v) is 8.44. The van der Waals surface area contributed by atoms with E-state index < -0.39 is 17.0 Å². The third kappa shape index (κ3) is 7.27. The number of carboxylic acids is 1. The second kappa shape index (κ2) is 10.8. The van der Waals surface area contributed by atoms with Gasteiger partial charge in [-0.05, 0) is 43.9 Å². The van der Waals surface area contributed by atoms with Crippen molar-refractivity contribution in [3.63, 3.8) is 0 Å². The Morgan fingerprint density at radius 2 is 1.89 bits per heavy atom. The molecule has 4 nitrogen and oxygen atoms in total. The van der Waals surface area contributed by atoms with Crippen molar-refractivity contribution in [1.82, 2.24) is 0 Å². The van der Waals surface area contributed by atoms with Gasteiger partial charge in [0.2, 0.25) is 0 Å². The van der Waals surface area contributed by atoms with E-state index in [0.717, 1.165) is 31.1 Å². The van der Waals surface area contributed by atoms with E-state index in [2.05, 4.69) is 6.92 Å². The zero-order chi connectivity index (χ0) is 20.5. The van der Waals surface area contributed by atoms with Crippen LogP contribution >= 0.6 is 0 Å². The van der Waals surface area contributed by atoms with Crippen LogP contribution in [0.1, 0.15) is 79.6 Å². The molecule has 27 heavy (non-hydrogen) atoms. The monoisotopic (exact) mass is 378 g/mol. The molecule has 0 unspecified atom stereocenters. The Labute approximate surface area is 165 Å². The van der Waals surface area contributed by atoms with Crippen molar-refractivity contribution in [2.24, 2.45) is 5.41 Å². The highest BCUT2D eigenvalue weighted by Gasteiger charge is 2.47. The number of hydrogen-bond acceptors (Lipinski definition) is 3. The fourth-order valence-electron chi connectivity index (χ4n) is 3.73. The number of ether oxygens (including phenoxy) is 1. The molecular formula is C23H38O4. The lowest BCUT2D eigenvalue weighted by molar-refractivity contribution is -0.131. The van der Waals surface area contributed by atoms with Gasteiger partial charge in [-0.2, -0.15) is 0 Å². The molecule has 0 aliphatic heterocycles. The third-order valence-corrected chi connectivity index (χ3v) is 5.55. The van der Waals surface area contributed by atoms with Crippen LogP contribution in [-0.2, 0) is 9.53 Å². The summed E-state index contributed by atoms with van der Waals surface area (Å²) in [4.78, 5) is 10.8. The molecule has 1 aliphatic rings. The fourth-order valence-corrected chi connectivity index (χ4v) is 3.73. The maximum Gasteiger partial charge on any atom is 0.328 e. The summed E-state index contributed by atoms with van der Waals surface area (Å²) in [5.41, 5.74) is -0.0647. The minimum atomic E-state index is -1.11. The van der Waals surface area contributed by atoms with Gasteiger partial charge in [-0.25, -0.2) is 4.79 Å². The van der Waals surface area contributed by atoms with Crippen molar-refractivity contribution in [3.05, 3.63) is 35.5 Å². The van der Waals surface area contributed by atoms with E-state index >= 15 is 0 Å². The number of carboxylic acid groups (broad SMARTS) is 1. The lowest BCUT2D eigenvalue weighted by Crippen LogP contribution is -2.49. The Hall–Kier alpha value is -1.39. The second-order valence-electron chi connectivity index (χ2n) is 8.44. The molecule has 0 aromatic heterocycles. The molecule has 0 aromatic carbocycles. The first-order valence-electron chi connectivity index (χ1n) is 10.3. The topological polar surface area (TPSA) is 66.8 Å². The summed E-state index contributed by atoms with van der Waals surface area (Å²) >= 11 is 0.